The van der Waals surface area contributed by atoms with Gasteiger partial charge in [-0.05, 0) is 6.42 Å². The van der Waals surface area contributed by atoms with Crippen molar-refractivity contribution >= 4 is 21.9 Å². The molecule has 1 fully saturated rings. The van der Waals surface area contributed by atoms with Gasteiger partial charge in [0, 0.05) is 13.0 Å². The molecule has 128 valence electrons. The van der Waals surface area contributed by atoms with E-state index in [-0.39, 0.29) is 6.61 Å². The first-order chi connectivity index (χ1) is 10.4. The van der Waals surface area contributed by atoms with E-state index in [0.717, 1.165) is 19.3 Å². The highest BCUT2D eigenvalue weighted by Crippen LogP contribution is 2.06. The lowest BCUT2D eigenvalue weighted by molar-refractivity contribution is -0.141. The third kappa shape index (κ3) is 7.74. The summed E-state index contributed by atoms with van der Waals surface area (Å²) in [5, 5.41) is 2.38. The molecule has 2 N–H and O–H groups in total. The van der Waals surface area contributed by atoms with Crippen molar-refractivity contribution in [1.82, 2.24) is 10.0 Å². The molecule has 22 heavy (non-hydrogen) atoms. The Morgan fingerprint density at radius 1 is 1.23 bits per heavy atom. The number of cyclic esters (lactones) is 1. The highest BCUT2D eigenvalue weighted by Gasteiger charge is 2.29. The molecule has 0 unspecified atom stereocenters. The quantitative estimate of drug-likeness (QED) is 0.428. The number of hydrogen-bond acceptors (Lipinski definition) is 5. The molecule has 0 aromatic carbocycles. The lowest BCUT2D eigenvalue weighted by atomic mass is 10.1. The van der Waals surface area contributed by atoms with Gasteiger partial charge < -0.3 is 10.1 Å². The fraction of sp³-hybridized carbons (Fsp3) is 0.857. The van der Waals surface area contributed by atoms with Crippen LogP contribution >= 0.6 is 0 Å². The predicted octanol–water partition coefficient (Wildman–Crippen LogP) is 0.698. The maximum atomic E-state index is 11.7. The van der Waals surface area contributed by atoms with Crippen LogP contribution < -0.4 is 10.0 Å². The summed E-state index contributed by atoms with van der Waals surface area (Å²) >= 11 is 0. The smallest absolute Gasteiger partial charge is 0.328 e. The molecular formula is C14H26N2O5S. The topological polar surface area (TPSA) is 102 Å². The Morgan fingerprint density at radius 2 is 1.91 bits per heavy atom. The normalized spacial score (nSPS) is 18.2. The molecule has 0 aromatic heterocycles. The van der Waals surface area contributed by atoms with Crippen molar-refractivity contribution in [1.29, 1.82) is 0 Å². The average molecular weight is 334 g/mol. The number of unbranched alkanes of at least 4 members (excludes halogenated alkanes) is 5. The molecule has 0 bridgehead atoms. The van der Waals surface area contributed by atoms with Crippen LogP contribution in [0, 0.1) is 0 Å². The molecule has 8 heteroatoms. The summed E-state index contributed by atoms with van der Waals surface area (Å²) in [6.45, 7) is 2.74. The Labute approximate surface area is 132 Å². The van der Waals surface area contributed by atoms with Crippen LogP contribution in [0.25, 0.3) is 0 Å². The summed E-state index contributed by atoms with van der Waals surface area (Å²) in [6, 6.07) is -0.721. The summed E-state index contributed by atoms with van der Waals surface area (Å²) in [7, 11) is -3.65. The zero-order valence-corrected chi connectivity index (χ0v) is 13.9. The van der Waals surface area contributed by atoms with Crippen molar-refractivity contribution in [2.75, 3.05) is 18.9 Å². The molecule has 1 heterocycles. The van der Waals surface area contributed by atoms with Gasteiger partial charge in [0.1, 0.15) is 11.8 Å². The minimum atomic E-state index is -3.65. The van der Waals surface area contributed by atoms with E-state index < -0.39 is 33.7 Å². The highest BCUT2D eigenvalue weighted by molar-refractivity contribution is 7.90. The van der Waals surface area contributed by atoms with Crippen LogP contribution in [0.4, 0.5) is 0 Å². The first-order valence-electron chi connectivity index (χ1n) is 7.88. The van der Waals surface area contributed by atoms with E-state index in [9.17, 15) is 18.0 Å². The number of hydrogen-bond donors (Lipinski definition) is 2. The number of carbonyl (C=O) groups excluding carboxylic acids is 2. The molecule has 1 aliphatic rings. The van der Waals surface area contributed by atoms with E-state index in [1.165, 1.54) is 19.3 Å². The summed E-state index contributed by atoms with van der Waals surface area (Å²) in [5.41, 5.74) is 0. The van der Waals surface area contributed by atoms with Crippen molar-refractivity contribution in [3.8, 4) is 0 Å². The van der Waals surface area contributed by atoms with E-state index in [1.807, 2.05) is 0 Å². The summed E-state index contributed by atoms with van der Waals surface area (Å²) in [6.07, 6.45) is 6.77. The van der Waals surface area contributed by atoms with Gasteiger partial charge in [0.2, 0.25) is 15.9 Å². The molecule has 0 radical (unpaired) electrons. The molecule has 1 saturated heterocycles. The first kappa shape index (κ1) is 18.9. The van der Waals surface area contributed by atoms with E-state index in [1.54, 1.807) is 0 Å². The van der Waals surface area contributed by atoms with Gasteiger partial charge in [-0.2, -0.15) is 0 Å². The van der Waals surface area contributed by atoms with Crippen LogP contribution in [0.2, 0.25) is 0 Å². The van der Waals surface area contributed by atoms with E-state index >= 15 is 0 Å². The molecule has 0 saturated carbocycles. The maximum Gasteiger partial charge on any atom is 0.328 e. The van der Waals surface area contributed by atoms with Crippen molar-refractivity contribution in [2.24, 2.45) is 0 Å². The van der Waals surface area contributed by atoms with Crippen LogP contribution in [0.5, 0.6) is 0 Å². The van der Waals surface area contributed by atoms with Crippen LogP contribution in [0.3, 0.4) is 0 Å². The summed E-state index contributed by atoms with van der Waals surface area (Å²) in [5.74, 6) is -1.85. The van der Waals surface area contributed by atoms with E-state index in [0.29, 0.717) is 13.0 Å². The van der Waals surface area contributed by atoms with E-state index in [4.69, 9.17) is 4.74 Å². The van der Waals surface area contributed by atoms with Gasteiger partial charge in [-0.3, -0.25) is 4.79 Å². The zero-order valence-electron chi connectivity index (χ0n) is 13.1. The van der Waals surface area contributed by atoms with E-state index in [2.05, 4.69) is 17.0 Å². The number of amides is 1. The fourth-order valence-corrected chi connectivity index (χ4v) is 3.21. The van der Waals surface area contributed by atoms with Gasteiger partial charge in [0.05, 0.1) is 6.61 Å². The van der Waals surface area contributed by atoms with Crippen LogP contribution in [0.1, 0.15) is 51.9 Å². The minimum Gasteiger partial charge on any atom is -0.464 e. The van der Waals surface area contributed by atoms with Gasteiger partial charge in [-0.15, -0.1) is 0 Å². The summed E-state index contributed by atoms with van der Waals surface area (Å²) < 4.78 is 30.6. The Morgan fingerprint density at radius 3 is 2.55 bits per heavy atom. The van der Waals surface area contributed by atoms with Gasteiger partial charge in [-0.25, -0.2) is 17.9 Å². The standard InChI is InChI=1S/C14H26N2O5S/c1-2-3-4-5-6-7-9-15-22(19,20)11-13(17)16-12-8-10-21-14(12)18/h12,15H,2-11H2,1H3,(H,16,17)/t12-/m0/s1. The number of sulfonamides is 1. The SMILES string of the molecule is CCCCCCCCNS(=O)(=O)CC(=O)N[C@H]1CCOC1=O. The average Bonchev–Trinajstić information content (AvgIpc) is 2.82. The van der Waals surface area contributed by atoms with Crippen molar-refractivity contribution in [2.45, 2.75) is 57.9 Å². The Balaban J connectivity index is 2.17. The van der Waals surface area contributed by atoms with Crippen molar-refractivity contribution in [3.63, 3.8) is 0 Å². The summed E-state index contributed by atoms with van der Waals surface area (Å²) in [4.78, 5) is 22.8. The molecule has 1 atom stereocenters. The predicted molar refractivity (Wildman–Crippen MR) is 82.7 cm³/mol. The number of ether oxygens (including phenoxy) is 1. The second kappa shape index (κ2) is 9.78. The third-order valence-electron chi connectivity index (χ3n) is 3.44. The van der Waals surface area contributed by atoms with Gasteiger partial charge in [0.15, 0.2) is 0 Å². The lowest BCUT2D eigenvalue weighted by Gasteiger charge is -2.10. The lowest BCUT2D eigenvalue weighted by Crippen LogP contribution is -2.43. The zero-order chi connectivity index (χ0) is 16.4. The molecule has 1 aliphatic heterocycles. The highest BCUT2D eigenvalue weighted by atomic mass is 32.2. The number of nitrogens with one attached hydrogen (secondary N) is 2. The number of carbonyl (C=O) groups is 2. The van der Waals surface area contributed by atoms with Gasteiger partial charge in [0.25, 0.3) is 0 Å². The largest absolute Gasteiger partial charge is 0.464 e. The number of esters is 1. The van der Waals surface area contributed by atoms with Crippen molar-refractivity contribution < 1.29 is 22.7 Å². The molecule has 0 spiro atoms. The molecule has 7 nitrogen and oxygen atoms in total. The third-order valence-corrected chi connectivity index (χ3v) is 4.73. The van der Waals surface area contributed by atoms with Gasteiger partial charge in [-0.1, -0.05) is 39.0 Å². The Bertz CT molecular complexity index is 464. The fourth-order valence-electron chi connectivity index (χ4n) is 2.22. The minimum absolute atomic E-state index is 0.257. The number of rotatable bonds is 11. The molecular weight excluding hydrogens is 308 g/mol. The van der Waals surface area contributed by atoms with Crippen LogP contribution in [-0.2, 0) is 24.3 Å². The molecule has 0 aromatic rings. The molecule has 0 aliphatic carbocycles. The monoisotopic (exact) mass is 334 g/mol. The van der Waals surface area contributed by atoms with Crippen molar-refractivity contribution in [3.05, 3.63) is 0 Å². The Hall–Kier alpha value is -1.15. The van der Waals surface area contributed by atoms with Crippen LogP contribution in [0.15, 0.2) is 0 Å². The van der Waals surface area contributed by atoms with Crippen LogP contribution in [-0.4, -0.2) is 45.2 Å². The maximum absolute atomic E-state index is 11.7. The molecule has 1 amide bonds. The second-order valence-electron chi connectivity index (χ2n) is 5.50. The Kier molecular flexibility index (Phi) is 8.40. The second-order valence-corrected chi connectivity index (χ2v) is 7.30. The first-order valence-corrected chi connectivity index (χ1v) is 9.53. The van der Waals surface area contributed by atoms with Gasteiger partial charge >= 0.3 is 5.97 Å². The molecule has 1 rings (SSSR count).